The van der Waals surface area contributed by atoms with Crippen molar-refractivity contribution < 1.29 is 4.39 Å². The number of nitrogens with one attached hydrogen (secondary N) is 1. The van der Waals surface area contributed by atoms with Gasteiger partial charge in [0.15, 0.2) is 11.6 Å². The van der Waals surface area contributed by atoms with Crippen molar-refractivity contribution in [3.8, 4) is 0 Å². The number of halogens is 1. The number of hydrogen-bond acceptors (Lipinski definition) is 3. The summed E-state index contributed by atoms with van der Waals surface area (Å²) in [5.74, 6) is -0.0761. The number of hydrogen-bond donors (Lipinski definition) is 2. The lowest BCUT2D eigenvalue weighted by Crippen LogP contribution is -2.03. The topological polar surface area (TPSA) is 50.9 Å². The van der Waals surface area contributed by atoms with E-state index in [1.54, 1.807) is 12.1 Å². The van der Waals surface area contributed by atoms with E-state index >= 15 is 0 Å². The van der Waals surface area contributed by atoms with Gasteiger partial charge in [0, 0.05) is 19.3 Å². The van der Waals surface area contributed by atoms with Gasteiger partial charge in [-0.05, 0) is 12.1 Å². The lowest BCUT2D eigenvalue weighted by atomic mass is 10.4. The van der Waals surface area contributed by atoms with Crippen molar-refractivity contribution in [2.75, 3.05) is 18.4 Å². The zero-order valence-electron chi connectivity index (χ0n) is 7.20. The molecule has 1 rings (SSSR count). The third kappa shape index (κ3) is 3.21. The Hall–Kier alpha value is -1.42. The molecule has 0 aliphatic rings. The molecule has 0 unspecified atom stereocenters. The van der Waals surface area contributed by atoms with Crippen LogP contribution in [0.4, 0.5) is 10.2 Å². The van der Waals surface area contributed by atoms with Crippen LogP contribution in [0.3, 0.4) is 0 Å². The molecule has 0 radical (unpaired) electrons. The Labute approximate surface area is 76.5 Å². The fourth-order valence-electron chi connectivity index (χ4n) is 0.851. The van der Waals surface area contributed by atoms with Crippen LogP contribution < -0.4 is 11.1 Å². The highest BCUT2D eigenvalue weighted by Gasteiger charge is 1.97. The van der Waals surface area contributed by atoms with Gasteiger partial charge in [-0.15, -0.1) is 0 Å². The second kappa shape index (κ2) is 5.27. The fraction of sp³-hybridized carbons (Fsp3) is 0.222. The molecule has 0 saturated heterocycles. The van der Waals surface area contributed by atoms with Crippen LogP contribution in [-0.4, -0.2) is 18.1 Å². The van der Waals surface area contributed by atoms with Crippen molar-refractivity contribution >= 4 is 5.82 Å². The highest BCUT2D eigenvalue weighted by molar-refractivity contribution is 5.35. The molecule has 1 aromatic rings. The molecule has 0 aliphatic heterocycles. The van der Waals surface area contributed by atoms with Crippen LogP contribution in [-0.2, 0) is 0 Å². The standard InChI is InChI=1S/C9H12FN3/c10-8-4-3-7-13-9(8)12-6-2-1-5-11/h1-4,7H,5-6,11H2,(H,12,13)/b2-1+. The first-order valence-electron chi connectivity index (χ1n) is 4.04. The van der Waals surface area contributed by atoms with E-state index in [2.05, 4.69) is 10.3 Å². The van der Waals surface area contributed by atoms with Gasteiger partial charge in [-0.2, -0.15) is 0 Å². The van der Waals surface area contributed by atoms with Gasteiger partial charge in [0.05, 0.1) is 0 Å². The van der Waals surface area contributed by atoms with Crippen molar-refractivity contribution in [1.82, 2.24) is 4.98 Å². The van der Waals surface area contributed by atoms with Gasteiger partial charge in [-0.3, -0.25) is 0 Å². The molecule has 1 heterocycles. The number of anilines is 1. The zero-order chi connectivity index (χ0) is 9.52. The lowest BCUT2D eigenvalue weighted by Gasteiger charge is -2.01. The first-order valence-corrected chi connectivity index (χ1v) is 4.04. The lowest BCUT2D eigenvalue weighted by molar-refractivity contribution is 0.625. The molecule has 3 nitrogen and oxygen atoms in total. The monoisotopic (exact) mass is 181 g/mol. The number of nitrogens with zero attached hydrogens (tertiary/aromatic N) is 1. The molecule has 0 saturated carbocycles. The summed E-state index contributed by atoms with van der Waals surface area (Å²) in [5.41, 5.74) is 5.23. The molecule has 0 bridgehead atoms. The van der Waals surface area contributed by atoms with Gasteiger partial charge in [0.25, 0.3) is 0 Å². The predicted molar refractivity (Wildman–Crippen MR) is 50.9 cm³/mol. The normalized spacial score (nSPS) is 10.6. The summed E-state index contributed by atoms with van der Waals surface area (Å²) >= 11 is 0. The van der Waals surface area contributed by atoms with Gasteiger partial charge in [0.1, 0.15) is 0 Å². The molecule has 0 amide bonds. The maximum Gasteiger partial charge on any atom is 0.165 e. The minimum Gasteiger partial charge on any atom is -0.364 e. The van der Waals surface area contributed by atoms with E-state index < -0.39 is 0 Å². The van der Waals surface area contributed by atoms with E-state index in [1.807, 2.05) is 6.08 Å². The Morgan fingerprint density at radius 2 is 2.38 bits per heavy atom. The average molecular weight is 181 g/mol. The van der Waals surface area contributed by atoms with Gasteiger partial charge in [-0.25, -0.2) is 9.37 Å². The van der Waals surface area contributed by atoms with Crippen molar-refractivity contribution in [2.45, 2.75) is 0 Å². The van der Waals surface area contributed by atoms with Crippen LogP contribution >= 0.6 is 0 Å². The van der Waals surface area contributed by atoms with E-state index in [0.717, 1.165) is 0 Å². The molecule has 0 spiro atoms. The fourth-order valence-corrected chi connectivity index (χ4v) is 0.851. The van der Waals surface area contributed by atoms with Gasteiger partial charge in [0.2, 0.25) is 0 Å². The molecule has 3 N–H and O–H groups in total. The molecule has 0 fully saturated rings. The molecule has 70 valence electrons. The SMILES string of the molecule is NC/C=C/CNc1ncccc1F. The minimum atomic E-state index is -0.344. The first kappa shape index (κ1) is 9.67. The van der Waals surface area contributed by atoms with Crippen molar-refractivity contribution in [1.29, 1.82) is 0 Å². The highest BCUT2D eigenvalue weighted by atomic mass is 19.1. The Bertz CT molecular complexity index is 286. The average Bonchev–Trinajstić information content (AvgIpc) is 2.15. The van der Waals surface area contributed by atoms with Crippen LogP contribution in [0.15, 0.2) is 30.5 Å². The third-order valence-corrected chi connectivity index (χ3v) is 1.45. The molecule has 4 heteroatoms. The summed E-state index contributed by atoms with van der Waals surface area (Å²) in [5, 5.41) is 2.82. The maximum absolute atomic E-state index is 12.9. The number of rotatable bonds is 4. The number of aromatic nitrogens is 1. The van der Waals surface area contributed by atoms with Crippen molar-refractivity contribution in [3.63, 3.8) is 0 Å². The Kier molecular flexibility index (Phi) is 3.92. The van der Waals surface area contributed by atoms with E-state index in [-0.39, 0.29) is 11.6 Å². The molecule has 1 aromatic heterocycles. The summed E-state index contributed by atoms with van der Waals surface area (Å²) in [6, 6.07) is 2.91. The first-order chi connectivity index (χ1) is 6.34. The predicted octanol–water partition coefficient (Wildman–Crippen LogP) is 1.15. The van der Waals surface area contributed by atoms with Crippen LogP contribution in [0.25, 0.3) is 0 Å². The van der Waals surface area contributed by atoms with Crippen molar-refractivity contribution in [2.24, 2.45) is 5.73 Å². The quantitative estimate of drug-likeness (QED) is 0.685. The van der Waals surface area contributed by atoms with Gasteiger partial charge >= 0.3 is 0 Å². The summed E-state index contributed by atoms with van der Waals surface area (Å²) < 4.78 is 12.9. The van der Waals surface area contributed by atoms with Gasteiger partial charge < -0.3 is 11.1 Å². The smallest absolute Gasteiger partial charge is 0.165 e. The maximum atomic E-state index is 12.9. The summed E-state index contributed by atoms with van der Waals surface area (Å²) in [6.07, 6.45) is 5.17. The Morgan fingerprint density at radius 3 is 3.08 bits per heavy atom. The van der Waals surface area contributed by atoms with Crippen LogP contribution in [0.2, 0.25) is 0 Å². The molecule has 0 atom stereocenters. The Morgan fingerprint density at radius 1 is 1.54 bits per heavy atom. The third-order valence-electron chi connectivity index (χ3n) is 1.45. The van der Waals surface area contributed by atoms with E-state index in [1.165, 1.54) is 12.3 Å². The summed E-state index contributed by atoms with van der Waals surface area (Å²) in [4.78, 5) is 3.82. The second-order valence-corrected chi connectivity index (χ2v) is 2.42. The summed E-state index contributed by atoms with van der Waals surface area (Å²) in [7, 11) is 0. The molecule has 0 aliphatic carbocycles. The van der Waals surface area contributed by atoms with E-state index in [9.17, 15) is 4.39 Å². The zero-order valence-corrected chi connectivity index (χ0v) is 7.20. The van der Waals surface area contributed by atoms with Crippen LogP contribution in [0.5, 0.6) is 0 Å². The second-order valence-electron chi connectivity index (χ2n) is 2.42. The van der Waals surface area contributed by atoms with Crippen LogP contribution in [0.1, 0.15) is 0 Å². The number of pyridine rings is 1. The van der Waals surface area contributed by atoms with Gasteiger partial charge in [-0.1, -0.05) is 12.2 Å². The molecule has 13 heavy (non-hydrogen) atoms. The molecular formula is C9H12FN3. The van der Waals surface area contributed by atoms with E-state index in [0.29, 0.717) is 13.1 Å². The number of nitrogens with two attached hydrogens (primary N) is 1. The Balaban J connectivity index is 2.45. The minimum absolute atomic E-state index is 0.268. The highest BCUT2D eigenvalue weighted by Crippen LogP contribution is 2.07. The largest absolute Gasteiger partial charge is 0.364 e. The van der Waals surface area contributed by atoms with Crippen LogP contribution in [0, 0.1) is 5.82 Å². The molecular weight excluding hydrogens is 169 g/mol. The van der Waals surface area contributed by atoms with E-state index in [4.69, 9.17) is 5.73 Å². The van der Waals surface area contributed by atoms with Crippen molar-refractivity contribution in [3.05, 3.63) is 36.3 Å². The molecule has 0 aromatic carbocycles. The summed E-state index contributed by atoms with van der Waals surface area (Å²) in [6.45, 7) is 1.03.